The summed E-state index contributed by atoms with van der Waals surface area (Å²) in [5.74, 6) is -0.317. The van der Waals surface area contributed by atoms with E-state index < -0.39 is 0 Å². The zero-order valence-electron chi connectivity index (χ0n) is 13.8. The first-order chi connectivity index (χ1) is 11.1. The van der Waals surface area contributed by atoms with Crippen molar-refractivity contribution in [3.05, 3.63) is 29.3 Å². The van der Waals surface area contributed by atoms with Crippen LogP contribution in [-0.4, -0.2) is 43.0 Å². The summed E-state index contributed by atoms with van der Waals surface area (Å²) < 4.78 is 5.10. The third-order valence-electron chi connectivity index (χ3n) is 4.84. The molecule has 1 aromatic rings. The van der Waals surface area contributed by atoms with Gasteiger partial charge in [0.05, 0.1) is 18.6 Å². The topological polar surface area (TPSA) is 58.6 Å². The number of fused-ring (bicyclic) bond motifs is 1. The lowest BCUT2D eigenvalue weighted by atomic mass is 10.1. The number of likely N-dealkylation sites (tertiary alicyclic amines) is 1. The zero-order chi connectivity index (χ0) is 16.4. The van der Waals surface area contributed by atoms with E-state index in [2.05, 4.69) is 17.4 Å². The molecule has 1 aromatic carbocycles. The Morgan fingerprint density at radius 1 is 1.39 bits per heavy atom. The molecule has 124 valence electrons. The molecule has 1 N–H and O–H groups in total. The minimum absolute atomic E-state index is 0.00490. The molecule has 1 fully saturated rings. The van der Waals surface area contributed by atoms with Crippen molar-refractivity contribution in [2.24, 2.45) is 5.92 Å². The van der Waals surface area contributed by atoms with E-state index in [9.17, 15) is 9.59 Å². The average Bonchev–Trinajstić information content (AvgIpc) is 3.13. The molecular weight excluding hydrogens is 292 g/mol. The van der Waals surface area contributed by atoms with Crippen LogP contribution in [0.25, 0.3) is 0 Å². The molecule has 5 heteroatoms. The Morgan fingerprint density at radius 2 is 2.17 bits per heavy atom. The van der Waals surface area contributed by atoms with Gasteiger partial charge in [0.1, 0.15) is 0 Å². The van der Waals surface area contributed by atoms with Crippen molar-refractivity contribution in [3.63, 3.8) is 0 Å². The van der Waals surface area contributed by atoms with Gasteiger partial charge in [0.2, 0.25) is 11.8 Å². The van der Waals surface area contributed by atoms with Crippen molar-refractivity contribution in [1.82, 2.24) is 4.90 Å². The lowest BCUT2D eigenvalue weighted by Gasteiger charge is -2.23. The number of benzene rings is 1. The van der Waals surface area contributed by atoms with Crippen LogP contribution in [-0.2, 0) is 27.2 Å². The van der Waals surface area contributed by atoms with Gasteiger partial charge in [0, 0.05) is 25.8 Å². The second-order valence-corrected chi connectivity index (χ2v) is 6.58. The second kappa shape index (κ2) is 6.71. The van der Waals surface area contributed by atoms with Gasteiger partial charge in [-0.1, -0.05) is 6.07 Å². The van der Waals surface area contributed by atoms with Crippen molar-refractivity contribution in [2.45, 2.75) is 38.6 Å². The standard InChI is InChI=1S/C18H24N2O3/c1-12(11-23-2)20-10-15(9-17(20)21)18(22)19-16-7-6-13-4-3-5-14(13)8-16/h6-8,12,15H,3-5,9-11H2,1-2H3,(H,19,22)/t12-,15+/m1/s1. The largest absolute Gasteiger partial charge is 0.383 e. The fourth-order valence-corrected chi connectivity index (χ4v) is 3.56. The average molecular weight is 316 g/mol. The fraction of sp³-hybridized carbons (Fsp3) is 0.556. The van der Waals surface area contributed by atoms with Gasteiger partial charge in [-0.3, -0.25) is 9.59 Å². The molecule has 0 unspecified atom stereocenters. The Morgan fingerprint density at radius 3 is 2.96 bits per heavy atom. The van der Waals surface area contributed by atoms with Crippen LogP contribution < -0.4 is 5.32 Å². The number of anilines is 1. The molecule has 3 rings (SSSR count). The maximum absolute atomic E-state index is 12.5. The van der Waals surface area contributed by atoms with Crippen molar-refractivity contribution in [2.75, 3.05) is 25.6 Å². The maximum Gasteiger partial charge on any atom is 0.229 e. The van der Waals surface area contributed by atoms with Crippen LogP contribution >= 0.6 is 0 Å². The summed E-state index contributed by atoms with van der Waals surface area (Å²) in [6.07, 6.45) is 3.69. The lowest BCUT2D eigenvalue weighted by Crippen LogP contribution is -2.38. The van der Waals surface area contributed by atoms with Gasteiger partial charge in [0.15, 0.2) is 0 Å². The lowest BCUT2D eigenvalue weighted by molar-refractivity contribution is -0.130. The summed E-state index contributed by atoms with van der Waals surface area (Å²) in [6, 6.07) is 6.14. The highest BCUT2D eigenvalue weighted by Crippen LogP contribution is 2.26. The summed E-state index contributed by atoms with van der Waals surface area (Å²) in [4.78, 5) is 26.3. The molecule has 0 spiro atoms. The number of nitrogens with zero attached hydrogens (tertiary/aromatic N) is 1. The quantitative estimate of drug-likeness (QED) is 0.904. The van der Waals surface area contributed by atoms with Crippen molar-refractivity contribution < 1.29 is 14.3 Å². The molecule has 0 aromatic heterocycles. The van der Waals surface area contributed by atoms with E-state index in [0.29, 0.717) is 13.2 Å². The van der Waals surface area contributed by atoms with Crippen LogP contribution in [0.5, 0.6) is 0 Å². The first kappa shape index (κ1) is 16.0. The molecule has 2 atom stereocenters. The van der Waals surface area contributed by atoms with Crippen LogP contribution in [0.1, 0.15) is 30.9 Å². The molecular formula is C18H24N2O3. The monoisotopic (exact) mass is 316 g/mol. The second-order valence-electron chi connectivity index (χ2n) is 6.58. The smallest absolute Gasteiger partial charge is 0.229 e. The van der Waals surface area contributed by atoms with E-state index in [1.54, 1.807) is 12.0 Å². The Kier molecular flexibility index (Phi) is 4.66. The molecule has 0 radical (unpaired) electrons. The summed E-state index contributed by atoms with van der Waals surface area (Å²) in [5.41, 5.74) is 3.56. The molecule has 1 aliphatic heterocycles. The molecule has 1 saturated heterocycles. The first-order valence-corrected chi connectivity index (χ1v) is 8.29. The van der Waals surface area contributed by atoms with Gasteiger partial charge >= 0.3 is 0 Å². The number of methoxy groups -OCH3 is 1. The normalized spacial score (nSPS) is 21.4. The molecule has 2 aliphatic rings. The number of carbonyl (C=O) groups excluding carboxylic acids is 2. The van der Waals surface area contributed by atoms with Gasteiger partial charge in [-0.05, 0) is 49.4 Å². The number of carbonyl (C=O) groups is 2. The van der Waals surface area contributed by atoms with Crippen LogP contribution in [0.2, 0.25) is 0 Å². The van der Waals surface area contributed by atoms with E-state index in [1.807, 2.05) is 13.0 Å². The van der Waals surface area contributed by atoms with Crippen molar-refractivity contribution in [3.8, 4) is 0 Å². The Bertz CT molecular complexity index is 614. The third-order valence-corrected chi connectivity index (χ3v) is 4.84. The van der Waals surface area contributed by atoms with Gasteiger partial charge in [-0.2, -0.15) is 0 Å². The number of aryl methyl sites for hydroxylation is 2. The van der Waals surface area contributed by atoms with Crippen molar-refractivity contribution >= 4 is 17.5 Å². The summed E-state index contributed by atoms with van der Waals surface area (Å²) in [7, 11) is 1.62. The molecule has 23 heavy (non-hydrogen) atoms. The summed E-state index contributed by atoms with van der Waals surface area (Å²) in [5, 5.41) is 2.98. The Balaban J connectivity index is 1.62. The predicted octanol–water partition coefficient (Wildman–Crippen LogP) is 2.00. The number of rotatable bonds is 5. The number of nitrogens with one attached hydrogen (secondary N) is 1. The Hall–Kier alpha value is -1.88. The van der Waals surface area contributed by atoms with Crippen LogP contribution in [0.4, 0.5) is 5.69 Å². The Labute approximate surface area is 137 Å². The number of amides is 2. The van der Waals surface area contributed by atoms with Gasteiger partial charge in [-0.25, -0.2) is 0 Å². The predicted molar refractivity (Wildman–Crippen MR) is 88.3 cm³/mol. The van der Waals surface area contributed by atoms with Crippen LogP contribution in [0.3, 0.4) is 0 Å². The van der Waals surface area contributed by atoms with E-state index in [1.165, 1.54) is 17.5 Å². The van der Waals surface area contributed by atoms with Gasteiger partial charge in [0.25, 0.3) is 0 Å². The van der Waals surface area contributed by atoms with Crippen molar-refractivity contribution in [1.29, 1.82) is 0 Å². The summed E-state index contributed by atoms with van der Waals surface area (Å²) >= 11 is 0. The SMILES string of the molecule is COC[C@@H](C)N1C[C@@H](C(=O)Nc2ccc3c(c2)CCC3)CC1=O. The number of hydrogen-bond donors (Lipinski definition) is 1. The highest BCUT2D eigenvalue weighted by Gasteiger charge is 2.36. The van der Waals surface area contributed by atoms with E-state index in [-0.39, 0.29) is 30.2 Å². The number of hydrogen-bond acceptors (Lipinski definition) is 3. The zero-order valence-corrected chi connectivity index (χ0v) is 13.8. The highest BCUT2D eigenvalue weighted by molar-refractivity contribution is 5.97. The maximum atomic E-state index is 12.5. The van der Waals surface area contributed by atoms with Gasteiger partial charge in [-0.15, -0.1) is 0 Å². The molecule has 5 nitrogen and oxygen atoms in total. The molecule has 0 saturated carbocycles. The van der Waals surface area contributed by atoms with E-state index in [4.69, 9.17) is 4.74 Å². The highest BCUT2D eigenvalue weighted by atomic mass is 16.5. The number of ether oxygens (including phenoxy) is 1. The van der Waals surface area contributed by atoms with E-state index >= 15 is 0 Å². The first-order valence-electron chi connectivity index (χ1n) is 8.29. The molecule has 0 bridgehead atoms. The minimum atomic E-state index is -0.282. The fourth-order valence-electron chi connectivity index (χ4n) is 3.56. The molecule has 1 aliphatic carbocycles. The van der Waals surface area contributed by atoms with Crippen LogP contribution in [0, 0.1) is 5.92 Å². The third kappa shape index (κ3) is 3.39. The molecule has 2 amide bonds. The minimum Gasteiger partial charge on any atom is -0.383 e. The molecule has 1 heterocycles. The van der Waals surface area contributed by atoms with E-state index in [0.717, 1.165) is 18.5 Å². The summed E-state index contributed by atoms with van der Waals surface area (Å²) in [6.45, 7) is 2.91. The van der Waals surface area contributed by atoms with Gasteiger partial charge < -0.3 is 15.0 Å². The van der Waals surface area contributed by atoms with Crippen LogP contribution in [0.15, 0.2) is 18.2 Å².